The first-order valence-corrected chi connectivity index (χ1v) is 15.6. The van der Waals surface area contributed by atoms with Crippen LogP contribution in [0.2, 0.25) is 20.1 Å². The van der Waals surface area contributed by atoms with Crippen LogP contribution in [-0.4, -0.2) is 53.8 Å². The fraction of sp³-hybridized carbons (Fsp3) is 0.464. The largest absolute Gasteiger partial charge is 0.462 e. The van der Waals surface area contributed by atoms with E-state index in [1.54, 1.807) is 20.8 Å². The maximum absolute atomic E-state index is 13.4. The number of fused-ring (bicyclic) bond motifs is 2. The van der Waals surface area contributed by atoms with E-state index in [0.29, 0.717) is 27.8 Å². The second-order valence-electron chi connectivity index (χ2n) is 10.6. The van der Waals surface area contributed by atoms with Crippen molar-refractivity contribution in [1.82, 2.24) is 4.90 Å². The minimum atomic E-state index is -1.39. The third-order valence-electron chi connectivity index (χ3n) is 7.00. The third kappa shape index (κ3) is 6.15. The molecule has 3 amide bonds. The van der Waals surface area contributed by atoms with Crippen LogP contribution < -0.4 is 5.32 Å². The number of halogens is 4. The van der Waals surface area contributed by atoms with Crippen LogP contribution >= 0.6 is 57.7 Å². The molecule has 2 aliphatic rings. The monoisotopic (exact) mass is 676 g/mol. The predicted molar refractivity (Wildman–Crippen MR) is 161 cm³/mol. The number of hydrogen-bond donors (Lipinski definition) is 1. The number of nitrogens with zero attached hydrogens (tertiary/aromatic N) is 1. The normalized spacial score (nSPS) is 16.8. The van der Waals surface area contributed by atoms with Gasteiger partial charge >= 0.3 is 11.9 Å². The number of benzene rings is 1. The Bertz CT molecular complexity index is 1440. The van der Waals surface area contributed by atoms with Crippen molar-refractivity contribution >= 4 is 92.4 Å². The van der Waals surface area contributed by atoms with Gasteiger partial charge in [0.15, 0.2) is 6.61 Å². The molecule has 2 unspecified atom stereocenters. The minimum absolute atomic E-state index is 0.0332. The van der Waals surface area contributed by atoms with E-state index < -0.39 is 42.3 Å². The second-order valence-corrected chi connectivity index (χ2v) is 13.2. The topological polar surface area (TPSA) is 119 Å². The van der Waals surface area contributed by atoms with Crippen LogP contribution in [0.15, 0.2) is 0 Å². The fourth-order valence-corrected chi connectivity index (χ4v) is 7.49. The molecule has 1 aliphatic carbocycles. The Morgan fingerprint density at radius 1 is 1.00 bits per heavy atom. The Kier molecular flexibility index (Phi) is 10.1. The van der Waals surface area contributed by atoms with Gasteiger partial charge in [0.1, 0.15) is 11.0 Å². The molecule has 42 heavy (non-hydrogen) atoms. The van der Waals surface area contributed by atoms with Crippen LogP contribution in [0.25, 0.3) is 0 Å². The molecule has 0 fully saturated rings. The fourth-order valence-electron chi connectivity index (χ4n) is 5.06. The van der Waals surface area contributed by atoms with Gasteiger partial charge in [-0.05, 0) is 50.0 Å². The lowest BCUT2D eigenvalue weighted by molar-refractivity contribution is -0.151. The molecule has 1 N–H and O–H groups in total. The number of esters is 2. The van der Waals surface area contributed by atoms with Gasteiger partial charge in [0, 0.05) is 4.88 Å². The minimum Gasteiger partial charge on any atom is -0.462 e. The smallest absolute Gasteiger partial charge is 0.341 e. The highest BCUT2D eigenvalue weighted by Gasteiger charge is 2.47. The summed E-state index contributed by atoms with van der Waals surface area (Å²) in [4.78, 5) is 67.4. The van der Waals surface area contributed by atoms with Crippen molar-refractivity contribution in [3.05, 3.63) is 47.2 Å². The number of carbonyl (C=O) groups excluding carboxylic acids is 5. The summed E-state index contributed by atoms with van der Waals surface area (Å²) in [5, 5.41) is 2.08. The zero-order chi connectivity index (χ0) is 31.0. The second kappa shape index (κ2) is 13.1. The lowest BCUT2D eigenvalue weighted by Crippen LogP contribution is -2.47. The predicted octanol–water partition coefficient (Wildman–Crippen LogP) is 6.86. The Morgan fingerprint density at radius 3 is 2.14 bits per heavy atom. The summed E-state index contributed by atoms with van der Waals surface area (Å²) < 4.78 is 10.5. The zero-order valence-electron chi connectivity index (χ0n) is 23.2. The summed E-state index contributed by atoms with van der Waals surface area (Å²) in [5.74, 6) is -3.70. The molecule has 0 saturated heterocycles. The summed E-state index contributed by atoms with van der Waals surface area (Å²) in [5.41, 5.74) is 0.660. The van der Waals surface area contributed by atoms with Crippen molar-refractivity contribution in [3.8, 4) is 0 Å². The molecular formula is C28H28Cl4N2O7S. The summed E-state index contributed by atoms with van der Waals surface area (Å²) in [6.45, 7) is 6.84. The van der Waals surface area contributed by atoms with Crippen LogP contribution in [0.3, 0.4) is 0 Å². The standard InChI is InChI=1S/C28H28Cl4N2O7S/c1-5-40-28(39)17-13-7-6-12(4)9-15(13)42-24(17)33-16(35)10-41-27(38)14(8-11(2)3)34-25(36)18-19(26(34)37)21(30)23(32)22(31)20(18)29/h11-12,14H,5-10H2,1-4H3,(H,33,35). The number of ether oxygens (including phenoxy) is 2. The highest BCUT2D eigenvalue weighted by Crippen LogP contribution is 2.45. The molecule has 2 atom stereocenters. The number of hydrogen-bond acceptors (Lipinski definition) is 8. The maximum Gasteiger partial charge on any atom is 0.341 e. The molecule has 2 heterocycles. The Labute approximate surface area is 266 Å². The molecule has 1 aromatic carbocycles. The van der Waals surface area contributed by atoms with Gasteiger partial charge in [-0.15, -0.1) is 11.3 Å². The first-order valence-electron chi connectivity index (χ1n) is 13.3. The van der Waals surface area contributed by atoms with Crippen LogP contribution in [0.4, 0.5) is 5.00 Å². The highest BCUT2D eigenvalue weighted by molar-refractivity contribution is 7.17. The van der Waals surface area contributed by atoms with Gasteiger partial charge in [-0.1, -0.05) is 67.2 Å². The molecule has 9 nitrogen and oxygen atoms in total. The van der Waals surface area contributed by atoms with Crippen molar-refractivity contribution in [2.45, 2.75) is 59.4 Å². The molecule has 0 bridgehead atoms. The zero-order valence-corrected chi connectivity index (χ0v) is 27.0. The molecule has 4 rings (SSSR count). The molecule has 1 aliphatic heterocycles. The van der Waals surface area contributed by atoms with Crippen molar-refractivity contribution < 1.29 is 33.4 Å². The van der Waals surface area contributed by atoms with Gasteiger partial charge in [-0.2, -0.15) is 0 Å². The molecule has 226 valence electrons. The van der Waals surface area contributed by atoms with Gasteiger partial charge in [-0.25, -0.2) is 9.59 Å². The number of thiophene rings is 1. The molecule has 0 spiro atoms. The number of amides is 3. The van der Waals surface area contributed by atoms with Gasteiger partial charge < -0.3 is 14.8 Å². The SMILES string of the molecule is CCOC(=O)c1c(NC(=O)COC(=O)C(CC(C)C)N2C(=O)c3c(Cl)c(Cl)c(Cl)c(Cl)c3C2=O)sc2c1CCC(C)C2. The molecule has 1 aromatic heterocycles. The average Bonchev–Trinajstić information content (AvgIpc) is 3.40. The molecule has 14 heteroatoms. The average molecular weight is 678 g/mol. The van der Waals surface area contributed by atoms with Crippen LogP contribution in [0, 0.1) is 11.8 Å². The van der Waals surface area contributed by atoms with Gasteiger partial charge in [-0.3, -0.25) is 19.3 Å². The first kappa shape index (κ1) is 32.5. The van der Waals surface area contributed by atoms with E-state index in [0.717, 1.165) is 23.3 Å². The van der Waals surface area contributed by atoms with Crippen molar-refractivity contribution in [2.24, 2.45) is 11.8 Å². The maximum atomic E-state index is 13.4. The number of nitrogens with one attached hydrogen (secondary N) is 1. The highest BCUT2D eigenvalue weighted by atomic mass is 35.5. The lowest BCUT2D eigenvalue weighted by atomic mass is 9.88. The van der Waals surface area contributed by atoms with E-state index in [2.05, 4.69) is 12.2 Å². The van der Waals surface area contributed by atoms with Gasteiger partial charge in [0.25, 0.3) is 17.7 Å². The van der Waals surface area contributed by atoms with Gasteiger partial charge in [0.2, 0.25) is 0 Å². The van der Waals surface area contributed by atoms with E-state index in [-0.39, 0.29) is 50.2 Å². The molecule has 0 radical (unpaired) electrons. The molecule has 0 saturated carbocycles. The van der Waals surface area contributed by atoms with Crippen molar-refractivity contribution in [2.75, 3.05) is 18.5 Å². The summed E-state index contributed by atoms with van der Waals surface area (Å²) in [6.07, 6.45) is 2.41. The number of rotatable bonds is 9. The lowest BCUT2D eigenvalue weighted by Gasteiger charge is -2.25. The molecule has 2 aromatic rings. The first-order chi connectivity index (χ1) is 19.8. The quantitative estimate of drug-likeness (QED) is 0.133. The third-order valence-corrected chi connectivity index (χ3v) is 9.97. The summed E-state index contributed by atoms with van der Waals surface area (Å²) in [6, 6.07) is -1.39. The van der Waals surface area contributed by atoms with E-state index in [9.17, 15) is 24.0 Å². The van der Waals surface area contributed by atoms with E-state index in [1.165, 1.54) is 11.3 Å². The summed E-state index contributed by atoms with van der Waals surface area (Å²) >= 11 is 26.0. The van der Waals surface area contributed by atoms with Gasteiger partial charge in [0.05, 0.1) is 43.4 Å². The number of anilines is 1. The van der Waals surface area contributed by atoms with Crippen molar-refractivity contribution in [1.29, 1.82) is 0 Å². The van der Waals surface area contributed by atoms with Crippen LogP contribution in [0.1, 0.15) is 82.1 Å². The Morgan fingerprint density at radius 2 is 1.60 bits per heavy atom. The van der Waals surface area contributed by atoms with Crippen molar-refractivity contribution in [3.63, 3.8) is 0 Å². The summed E-state index contributed by atoms with van der Waals surface area (Å²) in [7, 11) is 0. The van der Waals surface area contributed by atoms with Crippen LogP contribution in [-0.2, 0) is 31.9 Å². The van der Waals surface area contributed by atoms with E-state index >= 15 is 0 Å². The van der Waals surface area contributed by atoms with Crippen LogP contribution in [0.5, 0.6) is 0 Å². The Balaban J connectivity index is 1.54. The van der Waals surface area contributed by atoms with E-state index in [1.807, 2.05) is 0 Å². The number of imide groups is 1. The Hall–Kier alpha value is -2.37. The molecular weight excluding hydrogens is 650 g/mol. The number of carbonyl (C=O) groups is 5. The van der Waals surface area contributed by atoms with E-state index in [4.69, 9.17) is 55.9 Å².